The highest BCUT2D eigenvalue weighted by Gasteiger charge is 2.04. The van der Waals surface area contributed by atoms with Gasteiger partial charge in [0.1, 0.15) is 18.1 Å². The van der Waals surface area contributed by atoms with E-state index in [1.165, 1.54) is 22.3 Å². The van der Waals surface area contributed by atoms with E-state index in [1.807, 2.05) is 0 Å². The first kappa shape index (κ1) is 12.5. The molecule has 2 aromatic carbocycles. The van der Waals surface area contributed by atoms with Crippen molar-refractivity contribution in [3.05, 3.63) is 58.7 Å². The summed E-state index contributed by atoms with van der Waals surface area (Å²) in [5.41, 5.74) is 5.02. The van der Waals surface area contributed by atoms with E-state index >= 15 is 0 Å². The highest BCUT2D eigenvalue weighted by atomic mass is 16.5. The Morgan fingerprint density at radius 3 is 2.06 bits per heavy atom. The van der Waals surface area contributed by atoms with Crippen LogP contribution in [0.4, 0.5) is 0 Å². The molecule has 0 saturated heterocycles. The minimum absolute atomic E-state index is 0.255. The van der Waals surface area contributed by atoms with Crippen LogP contribution in [0.25, 0.3) is 0 Å². The summed E-state index contributed by atoms with van der Waals surface area (Å²) >= 11 is 0. The maximum absolute atomic E-state index is 9.21. The SMILES string of the molecule is Cc1cc(C)c(COc2ccc(O)cc2)c(C)c1. The average Bonchev–Trinajstić information content (AvgIpc) is 2.30. The van der Waals surface area contributed by atoms with Gasteiger partial charge in [-0.2, -0.15) is 0 Å². The fourth-order valence-corrected chi connectivity index (χ4v) is 2.14. The number of ether oxygens (including phenoxy) is 1. The van der Waals surface area contributed by atoms with Crippen molar-refractivity contribution in [2.24, 2.45) is 0 Å². The van der Waals surface area contributed by atoms with Crippen LogP contribution in [0.3, 0.4) is 0 Å². The van der Waals surface area contributed by atoms with E-state index in [0.717, 1.165) is 5.75 Å². The lowest BCUT2D eigenvalue weighted by molar-refractivity contribution is 0.304. The summed E-state index contributed by atoms with van der Waals surface area (Å²) in [5, 5.41) is 9.21. The second-order valence-electron chi connectivity index (χ2n) is 4.66. The van der Waals surface area contributed by atoms with Crippen LogP contribution < -0.4 is 4.74 Å². The summed E-state index contributed by atoms with van der Waals surface area (Å²) in [6.07, 6.45) is 0. The lowest BCUT2D eigenvalue weighted by Gasteiger charge is -2.12. The number of rotatable bonds is 3. The molecule has 0 spiro atoms. The van der Waals surface area contributed by atoms with Crippen LogP contribution in [0.2, 0.25) is 0 Å². The van der Waals surface area contributed by atoms with Crippen molar-refractivity contribution >= 4 is 0 Å². The molecule has 94 valence electrons. The standard InChI is InChI=1S/C16H18O2/c1-11-8-12(2)16(13(3)9-11)10-18-15-6-4-14(17)5-7-15/h4-9,17H,10H2,1-3H3. The van der Waals surface area contributed by atoms with E-state index < -0.39 is 0 Å². The Balaban J connectivity index is 2.13. The van der Waals surface area contributed by atoms with Crippen molar-refractivity contribution in [1.29, 1.82) is 0 Å². The third-order valence-corrected chi connectivity index (χ3v) is 3.06. The number of aryl methyl sites for hydroxylation is 3. The Bertz CT molecular complexity index is 519. The first-order valence-electron chi connectivity index (χ1n) is 6.05. The molecule has 0 amide bonds. The summed E-state index contributed by atoms with van der Waals surface area (Å²) in [5.74, 6) is 1.03. The number of benzene rings is 2. The van der Waals surface area contributed by atoms with Crippen LogP contribution >= 0.6 is 0 Å². The maximum Gasteiger partial charge on any atom is 0.120 e. The molecular formula is C16H18O2. The first-order chi connectivity index (χ1) is 8.56. The van der Waals surface area contributed by atoms with Crippen LogP contribution in [-0.2, 0) is 6.61 Å². The van der Waals surface area contributed by atoms with Gasteiger partial charge in [-0.3, -0.25) is 0 Å². The molecule has 18 heavy (non-hydrogen) atoms. The number of hydrogen-bond acceptors (Lipinski definition) is 2. The largest absolute Gasteiger partial charge is 0.508 e. The second kappa shape index (κ2) is 5.13. The van der Waals surface area contributed by atoms with E-state index in [4.69, 9.17) is 4.74 Å². The quantitative estimate of drug-likeness (QED) is 0.884. The second-order valence-corrected chi connectivity index (χ2v) is 4.66. The van der Waals surface area contributed by atoms with Crippen molar-refractivity contribution in [2.75, 3.05) is 0 Å². The predicted octanol–water partition coefficient (Wildman–Crippen LogP) is 3.90. The van der Waals surface area contributed by atoms with Crippen LogP contribution in [0.1, 0.15) is 22.3 Å². The lowest BCUT2D eigenvalue weighted by atomic mass is 10.0. The van der Waals surface area contributed by atoms with Crippen molar-refractivity contribution in [2.45, 2.75) is 27.4 Å². The van der Waals surface area contributed by atoms with E-state index in [0.29, 0.717) is 6.61 Å². The molecule has 2 nitrogen and oxygen atoms in total. The summed E-state index contributed by atoms with van der Waals surface area (Å²) in [6.45, 7) is 6.87. The molecule has 0 aliphatic rings. The third kappa shape index (κ3) is 2.83. The summed E-state index contributed by atoms with van der Waals surface area (Å²) in [4.78, 5) is 0. The fourth-order valence-electron chi connectivity index (χ4n) is 2.14. The number of phenols is 1. The van der Waals surface area contributed by atoms with Gasteiger partial charge >= 0.3 is 0 Å². The van der Waals surface area contributed by atoms with Gasteiger partial charge in [0.15, 0.2) is 0 Å². The zero-order chi connectivity index (χ0) is 13.1. The van der Waals surface area contributed by atoms with E-state index in [-0.39, 0.29) is 5.75 Å². The molecule has 0 unspecified atom stereocenters. The van der Waals surface area contributed by atoms with Gasteiger partial charge in [-0.1, -0.05) is 17.7 Å². The van der Waals surface area contributed by atoms with Gasteiger partial charge in [0.25, 0.3) is 0 Å². The molecule has 2 aromatic rings. The normalized spacial score (nSPS) is 10.4. The molecule has 0 atom stereocenters. The molecular weight excluding hydrogens is 224 g/mol. The Morgan fingerprint density at radius 2 is 1.50 bits per heavy atom. The predicted molar refractivity (Wildman–Crippen MR) is 73.1 cm³/mol. The molecule has 0 aromatic heterocycles. The summed E-state index contributed by atoms with van der Waals surface area (Å²) in [7, 11) is 0. The fraction of sp³-hybridized carbons (Fsp3) is 0.250. The average molecular weight is 242 g/mol. The number of aromatic hydroxyl groups is 1. The maximum atomic E-state index is 9.21. The molecule has 1 N–H and O–H groups in total. The van der Waals surface area contributed by atoms with Crippen molar-refractivity contribution in [1.82, 2.24) is 0 Å². The van der Waals surface area contributed by atoms with E-state index in [1.54, 1.807) is 24.3 Å². The van der Waals surface area contributed by atoms with Gasteiger partial charge in [0.05, 0.1) is 0 Å². The van der Waals surface area contributed by atoms with Gasteiger partial charge < -0.3 is 9.84 Å². The van der Waals surface area contributed by atoms with Crippen molar-refractivity contribution < 1.29 is 9.84 Å². The molecule has 0 bridgehead atoms. The van der Waals surface area contributed by atoms with Gasteiger partial charge in [-0.15, -0.1) is 0 Å². The molecule has 0 saturated carbocycles. The Kier molecular flexibility index (Phi) is 3.56. The number of hydrogen-bond donors (Lipinski definition) is 1. The Labute approximate surface area is 108 Å². The van der Waals surface area contributed by atoms with E-state index in [9.17, 15) is 5.11 Å². The lowest BCUT2D eigenvalue weighted by Crippen LogP contribution is -2.01. The molecule has 0 fully saturated rings. The summed E-state index contributed by atoms with van der Waals surface area (Å²) < 4.78 is 5.74. The highest BCUT2D eigenvalue weighted by Crippen LogP contribution is 2.21. The van der Waals surface area contributed by atoms with Crippen molar-refractivity contribution in [3.8, 4) is 11.5 Å². The molecule has 2 rings (SSSR count). The minimum atomic E-state index is 0.255. The van der Waals surface area contributed by atoms with Gasteiger partial charge in [0, 0.05) is 0 Å². The molecule has 2 heteroatoms. The monoisotopic (exact) mass is 242 g/mol. The summed E-state index contributed by atoms with van der Waals surface area (Å²) in [6, 6.07) is 11.1. The Morgan fingerprint density at radius 1 is 0.944 bits per heavy atom. The zero-order valence-corrected chi connectivity index (χ0v) is 11.0. The molecule has 0 radical (unpaired) electrons. The van der Waals surface area contributed by atoms with Crippen LogP contribution in [0, 0.1) is 20.8 Å². The van der Waals surface area contributed by atoms with Crippen LogP contribution in [0.5, 0.6) is 11.5 Å². The van der Waals surface area contributed by atoms with Gasteiger partial charge in [0.2, 0.25) is 0 Å². The minimum Gasteiger partial charge on any atom is -0.508 e. The Hall–Kier alpha value is -1.96. The third-order valence-electron chi connectivity index (χ3n) is 3.06. The van der Waals surface area contributed by atoms with Gasteiger partial charge in [-0.25, -0.2) is 0 Å². The molecule has 0 aliphatic heterocycles. The first-order valence-corrected chi connectivity index (χ1v) is 6.05. The van der Waals surface area contributed by atoms with Crippen LogP contribution in [0.15, 0.2) is 36.4 Å². The van der Waals surface area contributed by atoms with Crippen LogP contribution in [-0.4, -0.2) is 5.11 Å². The number of phenolic OH excluding ortho intramolecular Hbond substituents is 1. The van der Waals surface area contributed by atoms with Crippen molar-refractivity contribution in [3.63, 3.8) is 0 Å². The zero-order valence-electron chi connectivity index (χ0n) is 11.0. The molecule has 0 heterocycles. The highest BCUT2D eigenvalue weighted by molar-refractivity contribution is 5.37. The van der Waals surface area contributed by atoms with Gasteiger partial charge in [-0.05, 0) is 61.7 Å². The van der Waals surface area contributed by atoms with E-state index in [2.05, 4.69) is 32.9 Å². The smallest absolute Gasteiger partial charge is 0.120 e. The topological polar surface area (TPSA) is 29.5 Å². The molecule has 0 aliphatic carbocycles.